The number of rotatable bonds is 6. The van der Waals surface area contributed by atoms with Gasteiger partial charge in [0, 0.05) is 0 Å². The van der Waals surface area contributed by atoms with Crippen LogP contribution in [0, 0.1) is 0 Å². The molecule has 6 nitrogen and oxygen atoms in total. The number of amides is 1. The number of hydrogen-bond acceptors (Lipinski definition) is 4. The smallest absolute Gasteiger partial charge is 0.240 e. The van der Waals surface area contributed by atoms with E-state index in [2.05, 4.69) is 15.4 Å². The SMILES string of the molecule is CCCC(C)(N)C(=O)NC(C)c1ccc(-n2cncn2)cc1.Cl. The van der Waals surface area contributed by atoms with Crippen LogP contribution in [0.5, 0.6) is 0 Å². The van der Waals surface area contributed by atoms with Gasteiger partial charge in [-0.15, -0.1) is 12.4 Å². The molecule has 0 bridgehead atoms. The lowest BCUT2D eigenvalue weighted by Crippen LogP contribution is -2.52. The second-order valence-corrected chi connectivity index (χ2v) is 5.79. The Bertz CT molecular complexity index is 610. The summed E-state index contributed by atoms with van der Waals surface area (Å²) >= 11 is 0. The molecule has 0 saturated heterocycles. The molecule has 2 unspecified atom stereocenters. The van der Waals surface area contributed by atoms with E-state index < -0.39 is 5.54 Å². The monoisotopic (exact) mass is 337 g/mol. The zero-order valence-corrected chi connectivity index (χ0v) is 14.5. The van der Waals surface area contributed by atoms with Crippen molar-refractivity contribution in [3.8, 4) is 5.69 Å². The van der Waals surface area contributed by atoms with Gasteiger partial charge in [-0.1, -0.05) is 25.5 Å². The molecule has 1 amide bonds. The standard InChI is InChI=1S/C16H23N5O.ClH/c1-4-9-16(3,17)15(22)20-12(2)13-5-7-14(8-6-13)21-11-18-10-19-21;/h5-8,10-12H,4,9,17H2,1-3H3,(H,20,22);1H. The Balaban J connectivity index is 0.00000264. The first kappa shape index (κ1) is 19.1. The molecule has 0 spiro atoms. The topological polar surface area (TPSA) is 85.8 Å². The molecule has 3 N–H and O–H groups in total. The van der Waals surface area contributed by atoms with Gasteiger partial charge in [-0.25, -0.2) is 9.67 Å². The molecule has 0 fully saturated rings. The van der Waals surface area contributed by atoms with Crippen LogP contribution in [-0.2, 0) is 4.79 Å². The fourth-order valence-corrected chi connectivity index (χ4v) is 2.33. The molecule has 2 atom stereocenters. The van der Waals surface area contributed by atoms with E-state index in [-0.39, 0.29) is 24.4 Å². The Hall–Kier alpha value is -1.92. The van der Waals surface area contributed by atoms with E-state index in [1.165, 1.54) is 6.33 Å². The van der Waals surface area contributed by atoms with Crippen LogP contribution >= 0.6 is 12.4 Å². The molecule has 1 aromatic carbocycles. The molecule has 126 valence electrons. The minimum atomic E-state index is -0.830. The van der Waals surface area contributed by atoms with E-state index in [0.717, 1.165) is 17.7 Å². The highest BCUT2D eigenvalue weighted by Gasteiger charge is 2.28. The minimum absolute atomic E-state index is 0. The van der Waals surface area contributed by atoms with Crippen molar-refractivity contribution in [2.75, 3.05) is 0 Å². The normalized spacial score (nSPS) is 14.4. The molecule has 2 rings (SSSR count). The van der Waals surface area contributed by atoms with Crippen molar-refractivity contribution in [2.24, 2.45) is 5.73 Å². The van der Waals surface area contributed by atoms with Crippen LogP contribution in [0.2, 0.25) is 0 Å². The lowest BCUT2D eigenvalue weighted by Gasteiger charge is -2.25. The van der Waals surface area contributed by atoms with Gasteiger partial charge < -0.3 is 11.1 Å². The highest BCUT2D eigenvalue weighted by molar-refractivity contribution is 5.86. The molecule has 0 saturated carbocycles. The van der Waals surface area contributed by atoms with Gasteiger partial charge in [-0.2, -0.15) is 5.10 Å². The third kappa shape index (κ3) is 4.77. The first-order chi connectivity index (χ1) is 10.4. The maximum absolute atomic E-state index is 12.2. The molecule has 0 radical (unpaired) electrons. The summed E-state index contributed by atoms with van der Waals surface area (Å²) in [5.74, 6) is -0.123. The van der Waals surface area contributed by atoms with Crippen LogP contribution in [0.15, 0.2) is 36.9 Å². The number of carbonyl (C=O) groups excluding carboxylic acids is 1. The van der Waals surface area contributed by atoms with Crippen molar-refractivity contribution in [3.63, 3.8) is 0 Å². The number of nitrogens with one attached hydrogen (secondary N) is 1. The average molecular weight is 338 g/mol. The fraction of sp³-hybridized carbons (Fsp3) is 0.438. The lowest BCUT2D eigenvalue weighted by molar-refractivity contribution is -0.126. The minimum Gasteiger partial charge on any atom is -0.348 e. The molecule has 1 aromatic heterocycles. The third-order valence-electron chi connectivity index (χ3n) is 3.71. The quantitative estimate of drug-likeness (QED) is 0.847. The molecular weight excluding hydrogens is 314 g/mol. The van der Waals surface area contributed by atoms with Gasteiger partial charge >= 0.3 is 0 Å². The van der Waals surface area contributed by atoms with E-state index >= 15 is 0 Å². The highest BCUT2D eigenvalue weighted by Crippen LogP contribution is 2.17. The molecular formula is C16H24ClN5O. The van der Waals surface area contributed by atoms with Crippen LogP contribution in [0.3, 0.4) is 0 Å². The lowest BCUT2D eigenvalue weighted by atomic mass is 9.95. The number of carbonyl (C=O) groups is 1. The number of nitrogens with two attached hydrogens (primary N) is 1. The first-order valence-electron chi connectivity index (χ1n) is 7.49. The highest BCUT2D eigenvalue weighted by atomic mass is 35.5. The van der Waals surface area contributed by atoms with Gasteiger partial charge in [0.25, 0.3) is 0 Å². The summed E-state index contributed by atoms with van der Waals surface area (Å²) in [6.07, 6.45) is 4.68. The van der Waals surface area contributed by atoms with E-state index in [0.29, 0.717) is 6.42 Å². The largest absolute Gasteiger partial charge is 0.348 e. The number of benzene rings is 1. The fourth-order valence-electron chi connectivity index (χ4n) is 2.33. The van der Waals surface area contributed by atoms with E-state index in [1.807, 2.05) is 38.1 Å². The third-order valence-corrected chi connectivity index (χ3v) is 3.71. The van der Waals surface area contributed by atoms with E-state index in [1.54, 1.807) is 17.9 Å². The Labute approximate surface area is 142 Å². The Morgan fingerprint density at radius 2 is 2.04 bits per heavy atom. The maximum Gasteiger partial charge on any atom is 0.240 e. The maximum atomic E-state index is 12.2. The summed E-state index contributed by atoms with van der Waals surface area (Å²) in [6.45, 7) is 5.74. The number of halogens is 1. The molecule has 0 aliphatic rings. The summed E-state index contributed by atoms with van der Waals surface area (Å²) in [6, 6.07) is 7.73. The van der Waals surface area contributed by atoms with Gasteiger partial charge in [-0.3, -0.25) is 4.79 Å². The predicted molar refractivity (Wildman–Crippen MR) is 92.7 cm³/mol. The van der Waals surface area contributed by atoms with Crippen LogP contribution in [0.1, 0.15) is 45.2 Å². The summed E-state index contributed by atoms with van der Waals surface area (Å²) < 4.78 is 1.69. The second kappa shape index (κ2) is 8.08. The van der Waals surface area contributed by atoms with Crippen molar-refractivity contribution in [2.45, 2.75) is 45.2 Å². The van der Waals surface area contributed by atoms with Gasteiger partial charge in [0.2, 0.25) is 5.91 Å². The van der Waals surface area contributed by atoms with Crippen molar-refractivity contribution >= 4 is 18.3 Å². The molecule has 23 heavy (non-hydrogen) atoms. The van der Waals surface area contributed by atoms with Crippen molar-refractivity contribution in [3.05, 3.63) is 42.5 Å². The molecule has 0 aliphatic heterocycles. The van der Waals surface area contributed by atoms with Crippen molar-refractivity contribution < 1.29 is 4.79 Å². The van der Waals surface area contributed by atoms with Gasteiger partial charge in [-0.05, 0) is 38.0 Å². The molecule has 7 heteroatoms. The van der Waals surface area contributed by atoms with Crippen molar-refractivity contribution in [1.29, 1.82) is 0 Å². The predicted octanol–water partition coefficient (Wildman–Crippen LogP) is 2.38. The first-order valence-corrected chi connectivity index (χ1v) is 7.49. The zero-order chi connectivity index (χ0) is 16.2. The van der Waals surface area contributed by atoms with Crippen LogP contribution < -0.4 is 11.1 Å². The molecule has 1 heterocycles. The number of aromatic nitrogens is 3. The number of hydrogen-bond donors (Lipinski definition) is 2. The van der Waals surface area contributed by atoms with E-state index in [4.69, 9.17) is 5.73 Å². The van der Waals surface area contributed by atoms with Gasteiger partial charge in [0.1, 0.15) is 12.7 Å². The van der Waals surface area contributed by atoms with Gasteiger partial charge in [0.15, 0.2) is 0 Å². The Morgan fingerprint density at radius 1 is 1.39 bits per heavy atom. The summed E-state index contributed by atoms with van der Waals surface area (Å²) in [5, 5.41) is 7.06. The Kier molecular flexibility index (Phi) is 6.72. The summed E-state index contributed by atoms with van der Waals surface area (Å²) in [4.78, 5) is 16.2. The zero-order valence-electron chi connectivity index (χ0n) is 13.7. The summed E-state index contributed by atoms with van der Waals surface area (Å²) in [7, 11) is 0. The van der Waals surface area contributed by atoms with Crippen LogP contribution in [0.4, 0.5) is 0 Å². The molecule has 0 aliphatic carbocycles. The van der Waals surface area contributed by atoms with Crippen LogP contribution in [-0.4, -0.2) is 26.2 Å². The summed E-state index contributed by atoms with van der Waals surface area (Å²) in [5.41, 5.74) is 7.17. The number of nitrogens with zero attached hydrogens (tertiary/aromatic N) is 3. The average Bonchev–Trinajstić information content (AvgIpc) is 3.01. The van der Waals surface area contributed by atoms with Crippen LogP contribution in [0.25, 0.3) is 5.69 Å². The van der Waals surface area contributed by atoms with E-state index in [9.17, 15) is 4.79 Å². The van der Waals surface area contributed by atoms with Gasteiger partial charge in [0.05, 0.1) is 17.3 Å². The second-order valence-electron chi connectivity index (χ2n) is 5.79. The Morgan fingerprint density at radius 3 is 2.57 bits per heavy atom. The van der Waals surface area contributed by atoms with Crippen molar-refractivity contribution in [1.82, 2.24) is 20.1 Å². The molecule has 2 aromatic rings.